The number of carbonyl (C=O) groups excluding carboxylic acids is 1. The van der Waals surface area contributed by atoms with Gasteiger partial charge in [0.2, 0.25) is 0 Å². The van der Waals surface area contributed by atoms with E-state index in [-0.39, 0.29) is 18.7 Å². The predicted octanol–water partition coefficient (Wildman–Crippen LogP) is 2.99. The number of aromatic nitrogens is 1. The Morgan fingerprint density at radius 3 is 2.87 bits per heavy atom. The average molecular weight is 311 g/mol. The zero-order valence-corrected chi connectivity index (χ0v) is 13.0. The molecule has 0 spiro atoms. The summed E-state index contributed by atoms with van der Waals surface area (Å²) in [5, 5.41) is 12.0. The van der Waals surface area contributed by atoms with Crippen LogP contribution in [0.1, 0.15) is 30.0 Å². The number of hydrogen-bond acceptors (Lipinski definition) is 3. The van der Waals surface area contributed by atoms with Crippen molar-refractivity contribution in [3.05, 3.63) is 59.8 Å². The van der Waals surface area contributed by atoms with Crippen LogP contribution >= 0.6 is 0 Å². The Kier molecular flexibility index (Phi) is 4.88. The van der Waals surface area contributed by atoms with E-state index in [0.717, 1.165) is 12.8 Å². The first-order valence-electron chi connectivity index (χ1n) is 7.97. The van der Waals surface area contributed by atoms with Crippen LogP contribution < -0.4 is 5.32 Å². The molecule has 5 heteroatoms. The molecule has 2 N–H and O–H groups in total. The van der Waals surface area contributed by atoms with Crippen molar-refractivity contribution in [2.24, 2.45) is 0 Å². The molecule has 3 rings (SSSR count). The van der Waals surface area contributed by atoms with Crippen molar-refractivity contribution in [3.8, 4) is 0 Å². The first kappa shape index (κ1) is 15.5. The fourth-order valence-electron chi connectivity index (χ4n) is 3.12. The van der Waals surface area contributed by atoms with Gasteiger partial charge in [-0.3, -0.25) is 5.32 Å². The second-order valence-electron chi connectivity index (χ2n) is 5.67. The van der Waals surface area contributed by atoms with E-state index in [4.69, 9.17) is 5.11 Å². The predicted molar refractivity (Wildman–Crippen MR) is 89.2 cm³/mol. The summed E-state index contributed by atoms with van der Waals surface area (Å²) < 4.78 is 0. The van der Waals surface area contributed by atoms with Crippen molar-refractivity contribution in [2.75, 3.05) is 18.5 Å². The van der Waals surface area contributed by atoms with E-state index in [1.165, 1.54) is 11.1 Å². The highest BCUT2D eigenvalue weighted by atomic mass is 16.3. The molecule has 1 aliphatic rings. The SMILES string of the molecule is O=C(Nc1ccccn1)N(CCCO)[C@H]1CCc2ccccc21. The standard InChI is InChI=1S/C18H21N3O2/c22-13-5-12-21(18(23)20-17-8-3-4-11-19-17)16-10-9-14-6-1-2-7-15(14)16/h1-4,6-8,11,16,22H,5,9-10,12-13H2,(H,19,20,23)/t16-/m0/s1. The Morgan fingerprint density at radius 2 is 2.09 bits per heavy atom. The molecule has 1 heterocycles. The topological polar surface area (TPSA) is 65.5 Å². The maximum Gasteiger partial charge on any atom is 0.323 e. The molecule has 5 nitrogen and oxygen atoms in total. The molecule has 1 aromatic heterocycles. The average Bonchev–Trinajstić information content (AvgIpc) is 3.00. The Balaban J connectivity index is 1.79. The third-order valence-corrected chi connectivity index (χ3v) is 4.20. The van der Waals surface area contributed by atoms with Crippen molar-refractivity contribution >= 4 is 11.8 Å². The Morgan fingerprint density at radius 1 is 1.26 bits per heavy atom. The largest absolute Gasteiger partial charge is 0.396 e. The third-order valence-electron chi connectivity index (χ3n) is 4.20. The number of carbonyl (C=O) groups is 1. The van der Waals surface area contributed by atoms with Crippen LogP contribution in [0.15, 0.2) is 48.7 Å². The zero-order valence-electron chi connectivity index (χ0n) is 13.0. The van der Waals surface area contributed by atoms with Gasteiger partial charge >= 0.3 is 6.03 Å². The molecule has 0 bridgehead atoms. The number of amides is 2. The van der Waals surface area contributed by atoms with E-state index in [2.05, 4.69) is 22.4 Å². The second-order valence-corrected chi connectivity index (χ2v) is 5.67. The van der Waals surface area contributed by atoms with Gasteiger partial charge in [-0.2, -0.15) is 0 Å². The summed E-state index contributed by atoms with van der Waals surface area (Å²) in [5.74, 6) is 0.540. The smallest absolute Gasteiger partial charge is 0.323 e. The van der Waals surface area contributed by atoms with Crippen molar-refractivity contribution in [1.82, 2.24) is 9.88 Å². The number of benzene rings is 1. The van der Waals surface area contributed by atoms with Crippen molar-refractivity contribution in [1.29, 1.82) is 0 Å². The first-order chi connectivity index (χ1) is 11.3. The highest BCUT2D eigenvalue weighted by molar-refractivity contribution is 5.88. The molecule has 0 unspecified atom stereocenters. The van der Waals surface area contributed by atoms with Gasteiger partial charge < -0.3 is 10.0 Å². The van der Waals surface area contributed by atoms with Crippen molar-refractivity contribution in [3.63, 3.8) is 0 Å². The number of aryl methyl sites for hydroxylation is 1. The monoisotopic (exact) mass is 311 g/mol. The summed E-state index contributed by atoms with van der Waals surface area (Å²) in [4.78, 5) is 18.7. The van der Waals surface area contributed by atoms with Crippen LogP contribution in [0.4, 0.5) is 10.6 Å². The maximum atomic E-state index is 12.7. The van der Waals surface area contributed by atoms with Gasteiger partial charge in [0.05, 0.1) is 6.04 Å². The lowest BCUT2D eigenvalue weighted by molar-refractivity contribution is 0.177. The highest BCUT2D eigenvalue weighted by Crippen LogP contribution is 2.35. The first-order valence-corrected chi connectivity index (χ1v) is 7.97. The lowest BCUT2D eigenvalue weighted by Gasteiger charge is -2.29. The second kappa shape index (κ2) is 7.24. The van der Waals surface area contributed by atoms with Crippen LogP contribution in [0.5, 0.6) is 0 Å². The number of rotatable bonds is 5. The zero-order chi connectivity index (χ0) is 16.1. The molecule has 1 atom stereocenters. The van der Waals surface area contributed by atoms with Gasteiger partial charge in [-0.05, 0) is 42.5 Å². The van der Waals surface area contributed by atoms with Crippen molar-refractivity contribution in [2.45, 2.75) is 25.3 Å². The van der Waals surface area contributed by atoms with E-state index in [9.17, 15) is 4.79 Å². The quantitative estimate of drug-likeness (QED) is 0.892. The van der Waals surface area contributed by atoms with E-state index in [0.29, 0.717) is 18.8 Å². The molecule has 0 saturated heterocycles. The molecular formula is C18H21N3O2. The van der Waals surface area contributed by atoms with E-state index in [1.807, 2.05) is 29.2 Å². The number of pyridine rings is 1. The summed E-state index contributed by atoms with van der Waals surface area (Å²) in [6.07, 6.45) is 4.11. The molecule has 1 aromatic carbocycles. The summed E-state index contributed by atoms with van der Waals surface area (Å²) >= 11 is 0. The lowest BCUT2D eigenvalue weighted by Crippen LogP contribution is -2.38. The summed E-state index contributed by atoms with van der Waals surface area (Å²) in [7, 11) is 0. The number of nitrogens with zero attached hydrogens (tertiary/aromatic N) is 2. The molecule has 120 valence electrons. The maximum absolute atomic E-state index is 12.7. The minimum atomic E-state index is -0.168. The van der Waals surface area contributed by atoms with Crippen LogP contribution in [-0.4, -0.2) is 34.2 Å². The molecule has 0 saturated carbocycles. The highest BCUT2D eigenvalue weighted by Gasteiger charge is 2.30. The van der Waals surface area contributed by atoms with Crippen LogP contribution in [0.25, 0.3) is 0 Å². The number of nitrogens with one attached hydrogen (secondary N) is 1. The number of anilines is 1. The molecular weight excluding hydrogens is 290 g/mol. The van der Waals surface area contributed by atoms with Gasteiger partial charge in [0.25, 0.3) is 0 Å². The fraction of sp³-hybridized carbons (Fsp3) is 0.333. The minimum Gasteiger partial charge on any atom is -0.396 e. The van der Waals surface area contributed by atoms with Crippen LogP contribution in [0.2, 0.25) is 0 Å². The minimum absolute atomic E-state index is 0.0569. The molecule has 0 aliphatic heterocycles. The van der Waals surface area contributed by atoms with Crippen LogP contribution in [0.3, 0.4) is 0 Å². The van der Waals surface area contributed by atoms with Gasteiger partial charge in [-0.25, -0.2) is 9.78 Å². The molecule has 2 amide bonds. The Bertz CT molecular complexity index is 660. The number of aliphatic hydroxyl groups excluding tert-OH is 1. The summed E-state index contributed by atoms with van der Waals surface area (Å²) in [5.41, 5.74) is 2.51. The molecule has 0 fully saturated rings. The summed E-state index contributed by atoms with van der Waals surface area (Å²) in [6.45, 7) is 0.593. The molecule has 2 aromatic rings. The van der Waals surface area contributed by atoms with Crippen LogP contribution in [-0.2, 0) is 6.42 Å². The van der Waals surface area contributed by atoms with Gasteiger partial charge in [0.1, 0.15) is 5.82 Å². The van der Waals surface area contributed by atoms with Crippen molar-refractivity contribution < 1.29 is 9.90 Å². The fourth-order valence-corrected chi connectivity index (χ4v) is 3.12. The lowest BCUT2D eigenvalue weighted by atomic mass is 10.1. The third kappa shape index (κ3) is 3.51. The normalized spacial score (nSPS) is 16.0. The van der Waals surface area contributed by atoms with Gasteiger partial charge in [0.15, 0.2) is 0 Å². The van der Waals surface area contributed by atoms with Gasteiger partial charge in [-0.1, -0.05) is 30.3 Å². The van der Waals surface area contributed by atoms with Crippen LogP contribution in [0, 0.1) is 0 Å². The number of aliphatic hydroxyl groups is 1. The molecule has 0 radical (unpaired) electrons. The van der Waals surface area contributed by atoms with Gasteiger partial charge in [-0.15, -0.1) is 0 Å². The molecule has 1 aliphatic carbocycles. The van der Waals surface area contributed by atoms with E-state index >= 15 is 0 Å². The van der Waals surface area contributed by atoms with E-state index < -0.39 is 0 Å². The number of hydrogen-bond donors (Lipinski definition) is 2. The Hall–Kier alpha value is -2.40. The van der Waals surface area contributed by atoms with E-state index in [1.54, 1.807) is 12.3 Å². The number of fused-ring (bicyclic) bond motifs is 1. The van der Waals surface area contributed by atoms with Gasteiger partial charge in [0, 0.05) is 19.3 Å². The Labute approximate surface area is 136 Å². The molecule has 23 heavy (non-hydrogen) atoms. The summed E-state index contributed by atoms with van der Waals surface area (Å²) in [6, 6.07) is 13.6. The number of urea groups is 1.